The van der Waals surface area contributed by atoms with Gasteiger partial charge < -0.3 is 14.2 Å². The monoisotopic (exact) mass is 356 g/mol. The first-order chi connectivity index (χ1) is 9.88. The molecule has 0 saturated heterocycles. The Balaban J connectivity index is 3.34. The van der Waals surface area contributed by atoms with Gasteiger partial charge in [-0.2, -0.15) is 0 Å². The SMILES string of the molecule is COC(=O)C(=Cc1cc(Br)ccc1OC(C)C)C(=O)OC. The van der Waals surface area contributed by atoms with Crippen LogP contribution in [-0.2, 0) is 19.1 Å². The van der Waals surface area contributed by atoms with E-state index in [2.05, 4.69) is 25.4 Å². The highest BCUT2D eigenvalue weighted by atomic mass is 79.9. The van der Waals surface area contributed by atoms with E-state index in [1.807, 2.05) is 19.9 Å². The molecular weight excluding hydrogens is 340 g/mol. The second-order valence-electron chi connectivity index (χ2n) is 4.39. The van der Waals surface area contributed by atoms with Crippen LogP contribution in [0.3, 0.4) is 0 Å². The van der Waals surface area contributed by atoms with Gasteiger partial charge in [-0.1, -0.05) is 15.9 Å². The normalized spacial score (nSPS) is 10.0. The Morgan fingerprint density at radius 2 is 1.71 bits per heavy atom. The van der Waals surface area contributed by atoms with Crippen LogP contribution in [0.5, 0.6) is 5.75 Å². The van der Waals surface area contributed by atoms with Crippen LogP contribution < -0.4 is 4.74 Å². The molecule has 0 amide bonds. The largest absolute Gasteiger partial charge is 0.490 e. The molecule has 21 heavy (non-hydrogen) atoms. The predicted molar refractivity (Wildman–Crippen MR) is 81.9 cm³/mol. The Morgan fingerprint density at radius 3 is 2.19 bits per heavy atom. The molecule has 0 aromatic heterocycles. The molecule has 0 bridgehead atoms. The van der Waals surface area contributed by atoms with Gasteiger partial charge in [-0.15, -0.1) is 0 Å². The minimum absolute atomic E-state index is 0.0435. The van der Waals surface area contributed by atoms with Crippen LogP contribution in [-0.4, -0.2) is 32.3 Å². The van der Waals surface area contributed by atoms with E-state index in [4.69, 9.17) is 4.74 Å². The molecule has 1 rings (SSSR count). The summed E-state index contributed by atoms with van der Waals surface area (Å²) in [7, 11) is 2.40. The van der Waals surface area contributed by atoms with Crippen LogP contribution in [0, 0.1) is 0 Å². The average molecular weight is 357 g/mol. The Labute approximate surface area is 132 Å². The summed E-state index contributed by atoms with van der Waals surface area (Å²) in [5, 5.41) is 0. The van der Waals surface area contributed by atoms with E-state index >= 15 is 0 Å². The zero-order chi connectivity index (χ0) is 16.0. The third kappa shape index (κ3) is 4.90. The third-order valence-corrected chi connectivity index (χ3v) is 2.94. The van der Waals surface area contributed by atoms with Crippen LogP contribution in [0.2, 0.25) is 0 Å². The number of rotatable bonds is 5. The summed E-state index contributed by atoms with van der Waals surface area (Å²) in [6.07, 6.45) is 1.35. The maximum atomic E-state index is 11.7. The minimum Gasteiger partial charge on any atom is -0.490 e. The zero-order valence-electron chi connectivity index (χ0n) is 12.3. The lowest BCUT2D eigenvalue weighted by Crippen LogP contribution is -2.16. The van der Waals surface area contributed by atoms with Gasteiger partial charge in [0.15, 0.2) is 0 Å². The van der Waals surface area contributed by atoms with E-state index in [1.54, 1.807) is 12.1 Å². The van der Waals surface area contributed by atoms with Crippen LogP contribution in [0.15, 0.2) is 28.2 Å². The fraction of sp³-hybridized carbons (Fsp3) is 0.333. The molecule has 6 heteroatoms. The Kier molecular flexibility index (Phi) is 6.42. The van der Waals surface area contributed by atoms with Crippen molar-refractivity contribution in [3.8, 4) is 5.75 Å². The van der Waals surface area contributed by atoms with E-state index < -0.39 is 11.9 Å². The maximum Gasteiger partial charge on any atom is 0.345 e. The number of carbonyl (C=O) groups excluding carboxylic acids is 2. The molecule has 0 unspecified atom stereocenters. The summed E-state index contributed by atoms with van der Waals surface area (Å²) in [6.45, 7) is 3.77. The van der Waals surface area contributed by atoms with Gasteiger partial charge >= 0.3 is 11.9 Å². The summed E-state index contributed by atoms with van der Waals surface area (Å²) in [5.41, 5.74) is 0.371. The summed E-state index contributed by atoms with van der Waals surface area (Å²) in [6, 6.07) is 5.30. The highest BCUT2D eigenvalue weighted by Gasteiger charge is 2.20. The number of hydrogen-bond acceptors (Lipinski definition) is 5. The smallest absolute Gasteiger partial charge is 0.345 e. The van der Waals surface area contributed by atoms with Crippen molar-refractivity contribution in [3.63, 3.8) is 0 Å². The van der Waals surface area contributed by atoms with Gasteiger partial charge in [0.1, 0.15) is 11.3 Å². The first-order valence-electron chi connectivity index (χ1n) is 6.23. The van der Waals surface area contributed by atoms with Gasteiger partial charge in [0.05, 0.1) is 20.3 Å². The molecule has 1 aromatic rings. The summed E-state index contributed by atoms with van der Waals surface area (Å²) in [4.78, 5) is 23.4. The van der Waals surface area contributed by atoms with Crippen molar-refractivity contribution < 1.29 is 23.8 Å². The van der Waals surface area contributed by atoms with E-state index in [1.165, 1.54) is 20.3 Å². The molecule has 0 aliphatic rings. The molecule has 0 radical (unpaired) electrons. The maximum absolute atomic E-state index is 11.7. The molecular formula is C15H17BrO5. The standard InChI is InChI=1S/C15H17BrO5/c1-9(2)21-13-6-5-11(16)7-10(13)8-12(14(17)19-3)15(18)20-4/h5-9H,1-4H3. The van der Waals surface area contributed by atoms with Crippen molar-refractivity contribution in [1.82, 2.24) is 0 Å². The van der Waals surface area contributed by atoms with E-state index in [0.29, 0.717) is 11.3 Å². The van der Waals surface area contributed by atoms with Crippen LogP contribution in [0.1, 0.15) is 19.4 Å². The van der Waals surface area contributed by atoms with E-state index in [-0.39, 0.29) is 11.7 Å². The number of methoxy groups -OCH3 is 2. The quantitative estimate of drug-likeness (QED) is 0.351. The predicted octanol–water partition coefficient (Wildman–Crippen LogP) is 2.97. The fourth-order valence-corrected chi connectivity index (χ4v) is 1.95. The van der Waals surface area contributed by atoms with Gasteiger partial charge in [-0.3, -0.25) is 0 Å². The summed E-state index contributed by atoms with van der Waals surface area (Å²) >= 11 is 3.34. The molecule has 0 spiro atoms. The van der Waals surface area contributed by atoms with Gasteiger partial charge in [0.2, 0.25) is 0 Å². The number of benzene rings is 1. The number of halogens is 1. The lowest BCUT2D eigenvalue weighted by atomic mass is 10.1. The Bertz CT molecular complexity index is 545. The molecule has 5 nitrogen and oxygen atoms in total. The topological polar surface area (TPSA) is 61.8 Å². The van der Waals surface area contributed by atoms with Crippen LogP contribution in [0.4, 0.5) is 0 Å². The van der Waals surface area contributed by atoms with Gasteiger partial charge in [-0.05, 0) is 38.1 Å². The number of hydrogen-bond donors (Lipinski definition) is 0. The second-order valence-corrected chi connectivity index (χ2v) is 5.31. The fourth-order valence-electron chi connectivity index (χ4n) is 1.57. The summed E-state index contributed by atoms with van der Waals surface area (Å²) < 4.78 is 15.6. The lowest BCUT2D eigenvalue weighted by molar-refractivity contribution is -0.143. The molecule has 0 N–H and O–H groups in total. The van der Waals surface area contributed by atoms with Crippen LogP contribution >= 0.6 is 15.9 Å². The molecule has 114 valence electrons. The van der Waals surface area contributed by atoms with Crippen molar-refractivity contribution in [2.75, 3.05) is 14.2 Å². The molecule has 1 aromatic carbocycles. The highest BCUT2D eigenvalue weighted by molar-refractivity contribution is 9.10. The first kappa shape index (κ1) is 17.2. The van der Waals surface area contributed by atoms with E-state index in [0.717, 1.165) is 4.47 Å². The number of carbonyl (C=O) groups is 2. The molecule has 0 atom stereocenters. The van der Waals surface area contributed by atoms with Crippen molar-refractivity contribution in [1.29, 1.82) is 0 Å². The Hall–Kier alpha value is -1.82. The minimum atomic E-state index is -0.766. The van der Waals surface area contributed by atoms with E-state index in [9.17, 15) is 9.59 Å². The number of ether oxygens (including phenoxy) is 3. The third-order valence-electron chi connectivity index (χ3n) is 2.44. The van der Waals surface area contributed by atoms with Crippen LogP contribution in [0.25, 0.3) is 6.08 Å². The Morgan fingerprint density at radius 1 is 1.14 bits per heavy atom. The van der Waals surface area contributed by atoms with Crippen molar-refractivity contribution in [2.45, 2.75) is 20.0 Å². The summed E-state index contributed by atoms with van der Waals surface area (Å²) in [5.74, 6) is -0.979. The van der Waals surface area contributed by atoms with Crippen molar-refractivity contribution in [3.05, 3.63) is 33.8 Å². The second kappa shape index (κ2) is 7.83. The lowest BCUT2D eigenvalue weighted by Gasteiger charge is -2.13. The van der Waals surface area contributed by atoms with Gasteiger partial charge in [-0.25, -0.2) is 9.59 Å². The molecule has 0 aliphatic heterocycles. The molecule has 0 fully saturated rings. The van der Waals surface area contributed by atoms with Crippen molar-refractivity contribution >= 4 is 33.9 Å². The first-order valence-corrected chi connectivity index (χ1v) is 7.02. The average Bonchev–Trinajstić information content (AvgIpc) is 2.45. The molecule has 0 heterocycles. The highest BCUT2D eigenvalue weighted by Crippen LogP contribution is 2.27. The number of esters is 2. The molecule has 0 saturated carbocycles. The van der Waals surface area contributed by atoms with Crippen molar-refractivity contribution in [2.24, 2.45) is 0 Å². The zero-order valence-corrected chi connectivity index (χ0v) is 13.9. The molecule has 0 aliphatic carbocycles. The van der Waals surface area contributed by atoms with Gasteiger partial charge in [0, 0.05) is 10.0 Å². The van der Waals surface area contributed by atoms with Gasteiger partial charge in [0.25, 0.3) is 0 Å².